The minimum absolute atomic E-state index is 0.00171. The Bertz CT molecular complexity index is 7760. The lowest BCUT2D eigenvalue weighted by atomic mass is 10.0. The summed E-state index contributed by atoms with van der Waals surface area (Å²) < 4.78 is 37.0. The molecule has 0 amide bonds. The maximum absolute atomic E-state index is 13.7. The topological polar surface area (TPSA) is 301 Å². The summed E-state index contributed by atoms with van der Waals surface area (Å²) in [5.41, 5.74) is 19.9. The first-order valence-electron chi connectivity index (χ1n) is 41.9. The SMILES string of the molecule is CCc1c(-c2ccccc2)nc2[nH]c3ccccc3n2c1=O.CCc1c(-c2cccs2)nc2[nH]c3ccccc3n2c1=O.CCc1c(C(C)C)[nH]c2nc3cc(Cl)c(F)cc3n2c1=O.CCc1c(C(C)C)[nH]c2nc3cc(Cl)c(F)cc3n2c1=O.CCc1c(C2CC2)[nH]c2nc3ccccc3n2c1=O.CCc1c(CC(C)C)[nH]c2nc3ccccc3n2c1=O. The predicted molar refractivity (Wildman–Crippen MR) is 494 cm³/mol. The average molecular weight is 1720 g/mol. The zero-order valence-corrected chi connectivity index (χ0v) is 72.9. The molecule has 1 saturated carbocycles. The van der Waals surface area contributed by atoms with Crippen molar-refractivity contribution in [1.29, 1.82) is 0 Å². The van der Waals surface area contributed by atoms with E-state index in [0.29, 0.717) is 105 Å². The molecule has 0 bridgehead atoms. The van der Waals surface area contributed by atoms with Crippen molar-refractivity contribution < 1.29 is 8.78 Å². The lowest BCUT2D eigenvalue weighted by Crippen LogP contribution is -2.22. The number of hydrogen-bond donors (Lipinski definition) is 6. The van der Waals surface area contributed by atoms with E-state index in [-0.39, 0.29) is 55.2 Å². The maximum atomic E-state index is 13.7. The summed E-state index contributed by atoms with van der Waals surface area (Å²) in [5.74, 6) is 3.60. The van der Waals surface area contributed by atoms with Crippen molar-refractivity contribution in [2.24, 2.45) is 5.92 Å². The Balaban J connectivity index is 0.000000110. The summed E-state index contributed by atoms with van der Waals surface area (Å²) in [4.78, 5) is 124. The third kappa shape index (κ3) is 15.6. The molecular weight excluding hydrogens is 1630 g/mol. The predicted octanol–water partition coefficient (Wildman–Crippen LogP) is 19.7. The number of benzene rings is 7. The van der Waals surface area contributed by atoms with E-state index in [0.717, 1.165) is 130 Å². The van der Waals surface area contributed by atoms with E-state index in [1.807, 2.05) is 214 Å². The number of rotatable bonds is 13. The quantitative estimate of drug-likeness (QED) is 0.0628. The number of imidazole rings is 6. The molecular formula is C95H92Cl2F2N18O6S. The third-order valence-corrected chi connectivity index (χ3v) is 24.0. The van der Waals surface area contributed by atoms with Gasteiger partial charge in [0.15, 0.2) is 0 Å². The van der Waals surface area contributed by atoms with E-state index in [9.17, 15) is 37.5 Å². The molecule has 1 fully saturated rings. The second-order valence-corrected chi connectivity index (χ2v) is 33.4. The molecule has 29 heteroatoms. The summed E-state index contributed by atoms with van der Waals surface area (Å²) in [6, 6.07) is 50.3. The Morgan fingerprint density at radius 2 is 0.750 bits per heavy atom. The van der Waals surface area contributed by atoms with E-state index < -0.39 is 11.6 Å². The molecule has 20 aromatic rings. The smallest absolute Gasteiger partial charge is 0.263 e. The van der Waals surface area contributed by atoms with Crippen LogP contribution in [-0.4, -0.2) is 86.2 Å². The zero-order chi connectivity index (χ0) is 87.4. The van der Waals surface area contributed by atoms with Crippen molar-refractivity contribution in [1.82, 2.24) is 86.2 Å². The van der Waals surface area contributed by atoms with Gasteiger partial charge in [-0.15, -0.1) is 11.3 Å². The third-order valence-electron chi connectivity index (χ3n) is 22.5. The monoisotopic (exact) mass is 1720 g/mol. The summed E-state index contributed by atoms with van der Waals surface area (Å²) in [6.45, 7) is 24.3. The number of aromatic amines is 6. The molecule has 6 N–H and O–H groups in total. The lowest BCUT2D eigenvalue weighted by Gasteiger charge is -2.11. The van der Waals surface area contributed by atoms with Gasteiger partial charge in [-0.25, -0.2) is 65.1 Å². The minimum atomic E-state index is -0.559. The summed E-state index contributed by atoms with van der Waals surface area (Å²) in [6.07, 6.45) is 7.27. The Labute approximate surface area is 721 Å². The molecule has 13 heterocycles. The molecule has 1 aliphatic rings. The first kappa shape index (κ1) is 84.4. The van der Waals surface area contributed by atoms with Crippen LogP contribution < -0.4 is 33.4 Å². The zero-order valence-electron chi connectivity index (χ0n) is 70.6. The molecule has 21 rings (SSSR count). The lowest BCUT2D eigenvalue weighted by molar-refractivity contribution is 0.628. The van der Waals surface area contributed by atoms with Crippen molar-refractivity contribution in [3.05, 3.63) is 309 Å². The molecule has 13 aromatic heterocycles. The van der Waals surface area contributed by atoms with Crippen LogP contribution in [0.25, 0.3) is 123 Å². The number of halogens is 4. The van der Waals surface area contributed by atoms with Gasteiger partial charge in [-0.05, 0) is 154 Å². The van der Waals surface area contributed by atoms with Crippen LogP contribution in [0, 0.1) is 17.6 Å². The first-order valence-corrected chi connectivity index (χ1v) is 43.5. The molecule has 0 spiro atoms. The summed E-state index contributed by atoms with van der Waals surface area (Å²) >= 11 is 13.2. The van der Waals surface area contributed by atoms with E-state index in [2.05, 4.69) is 63.7 Å². The van der Waals surface area contributed by atoms with Crippen LogP contribution in [0.3, 0.4) is 0 Å². The van der Waals surface area contributed by atoms with Gasteiger partial charge in [0, 0.05) is 73.9 Å². The molecule has 0 aliphatic heterocycles. The molecule has 24 nitrogen and oxygen atoms in total. The van der Waals surface area contributed by atoms with Crippen molar-refractivity contribution in [2.45, 2.75) is 159 Å². The number of aromatic nitrogens is 18. The summed E-state index contributed by atoms with van der Waals surface area (Å²) in [7, 11) is 0. The van der Waals surface area contributed by atoms with E-state index >= 15 is 0 Å². The highest BCUT2D eigenvalue weighted by Crippen LogP contribution is 2.41. The molecule has 0 atom stereocenters. The molecule has 0 radical (unpaired) electrons. The van der Waals surface area contributed by atoms with Gasteiger partial charge in [-0.3, -0.25) is 28.8 Å². The number of para-hydroxylation sites is 8. The highest BCUT2D eigenvalue weighted by molar-refractivity contribution is 7.13. The maximum Gasteiger partial charge on any atom is 0.263 e. The standard InChI is InChI=1S/C18H15N3O.C16H13N3OS.C16H19N3O.2C15H15ClFN3O.C15H15N3O/c1-2-13-16(12-8-4-3-5-9-12)20-18-19-14-10-6-7-11-15(14)21(18)17(13)22;1-2-10-14(13-8-5-9-21-13)18-16-17-11-6-3-4-7-12(11)19(16)15(10)20;1-4-11-13(9-10(2)3)18-16-17-12-7-5-6-8-14(12)19(16)15(11)20;2*1-4-8-13(7(2)3)19-15-18-11-5-9(16)10(17)6-12(11)20(15)14(8)21;1-2-10-13(9-7-8-9)17-15-16-11-5-3-4-6-12(11)18(15)14(10)19/h3-11H,2H2,1H3,(H,19,20);3-9H,2H2,1H3,(H,17,18);5-8,10H,4,9H2,1-3H3,(H,17,18);2*5-7H,4H2,1-3H3,(H,18,19);3-6,9H,2,7-8H2,1H3,(H,16,17). The van der Waals surface area contributed by atoms with Crippen LogP contribution in [0.15, 0.2) is 198 Å². The number of fused-ring (bicyclic) bond motifs is 18. The second kappa shape index (κ2) is 34.9. The van der Waals surface area contributed by atoms with Crippen molar-refractivity contribution >= 4 is 135 Å². The Hall–Kier alpha value is -13.2. The van der Waals surface area contributed by atoms with Crippen LogP contribution in [-0.2, 0) is 44.9 Å². The van der Waals surface area contributed by atoms with Crippen molar-refractivity contribution in [3.63, 3.8) is 0 Å². The number of thiophene rings is 1. The number of hydrogen-bond acceptors (Lipinski definition) is 13. The molecule has 632 valence electrons. The molecule has 0 saturated heterocycles. The van der Waals surface area contributed by atoms with E-state index in [1.165, 1.54) is 45.9 Å². The van der Waals surface area contributed by atoms with Crippen LogP contribution >= 0.6 is 34.5 Å². The van der Waals surface area contributed by atoms with Gasteiger partial charge in [-0.1, -0.05) is 191 Å². The second-order valence-electron chi connectivity index (χ2n) is 31.7. The molecule has 1 aliphatic carbocycles. The number of nitrogens with one attached hydrogen (secondary N) is 6. The van der Waals surface area contributed by atoms with Crippen LogP contribution in [0.5, 0.6) is 0 Å². The highest BCUT2D eigenvalue weighted by atomic mass is 35.5. The Morgan fingerprint density at radius 3 is 1.19 bits per heavy atom. The van der Waals surface area contributed by atoms with Crippen LogP contribution in [0.2, 0.25) is 10.0 Å². The largest absolute Gasteiger partial charge is 0.328 e. The fraction of sp³-hybridized carbons (Fsp3) is 0.263. The molecule has 0 unspecified atom stereocenters. The van der Waals surface area contributed by atoms with Gasteiger partial charge in [0.1, 0.15) is 11.6 Å². The van der Waals surface area contributed by atoms with Crippen molar-refractivity contribution in [3.8, 4) is 21.8 Å². The normalized spacial score (nSPS) is 12.2. The summed E-state index contributed by atoms with van der Waals surface area (Å²) in [5, 5.41) is 2.00. The fourth-order valence-corrected chi connectivity index (χ4v) is 17.5. The molecule has 7 aromatic carbocycles. The number of nitrogens with zero attached hydrogens (tertiary/aromatic N) is 12. The molecule has 124 heavy (non-hydrogen) atoms. The highest BCUT2D eigenvalue weighted by Gasteiger charge is 2.30. The van der Waals surface area contributed by atoms with Gasteiger partial charge in [0.2, 0.25) is 34.7 Å². The van der Waals surface area contributed by atoms with E-state index in [4.69, 9.17) is 33.2 Å². The van der Waals surface area contributed by atoms with Gasteiger partial charge >= 0.3 is 0 Å². The van der Waals surface area contributed by atoms with Gasteiger partial charge < -0.3 is 29.9 Å². The Kier molecular flexibility index (Phi) is 23.8. The minimum Gasteiger partial charge on any atom is -0.328 e. The van der Waals surface area contributed by atoms with Gasteiger partial charge in [0.25, 0.3) is 33.4 Å². The van der Waals surface area contributed by atoms with Crippen molar-refractivity contribution in [2.75, 3.05) is 0 Å². The van der Waals surface area contributed by atoms with Gasteiger partial charge in [-0.2, -0.15) is 0 Å². The first-order chi connectivity index (χ1) is 59.9. The van der Waals surface area contributed by atoms with Crippen LogP contribution in [0.4, 0.5) is 8.78 Å². The average Bonchev–Trinajstić information content (AvgIpc) is 1.61. The van der Waals surface area contributed by atoms with Crippen LogP contribution in [0.1, 0.15) is 170 Å². The fourth-order valence-electron chi connectivity index (χ4n) is 16.5. The van der Waals surface area contributed by atoms with E-state index in [1.54, 1.807) is 28.9 Å². The Morgan fingerprint density at radius 1 is 0.379 bits per heavy atom. The van der Waals surface area contributed by atoms with Gasteiger partial charge in [0.05, 0.1) is 92.5 Å². The number of H-pyrrole nitrogens is 6.